The summed E-state index contributed by atoms with van der Waals surface area (Å²) in [7, 11) is 0. The molecule has 3 aromatic rings. The maximum Gasteiger partial charge on any atom is 0.269 e. The van der Waals surface area contributed by atoms with Gasteiger partial charge in [0.2, 0.25) is 6.79 Å². The zero-order valence-corrected chi connectivity index (χ0v) is 14.0. The number of hydrogen-bond acceptors (Lipinski definition) is 9. The zero-order chi connectivity index (χ0) is 18.6. The van der Waals surface area contributed by atoms with Crippen molar-refractivity contribution in [3.05, 3.63) is 54.6 Å². The molecule has 2 aromatic heterocycles. The molecule has 5 N–H and O–H groups in total. The Morgan fingerprint density at radius 3 is 2.67 bits per heavy atom. The van der Waals surface area contributed by atoms with Gasteiger partial charge < -0.3 is 20.5 Å². The number of pyridine rings is 1. The lowest BCUT2D eigenvalue weighted by Crippen LogP contribution is -2.30. The van der Waals surface area contributed by atoms with E-state index < -0.39 is 0 Å². The zero-order valence-electron chi connectivity index (χ0n) is 14.0. The van der Waals surface area contributed by atoms with Crippen molar-refractivity contribution in [2.45, 2.75) is 0 Å². The highest BCUT2D eigenvalue weighted by Crippen LogP contribution is 2.35. The predicted octanol–water partition coefficient (Wildman–Crippen LogP) is 1.68. The summed E-state index contributed by atoms with van der Waals surface area (Å²) in [6, 6.07) is 8.56. The smallest absolute Gasteiger partial charge is 0.269 e. The maximum absolute atomic E-state index is 12.1. The molecule has 10 heteroatoms. The predicted molar refractivity (Wildman–Crippen MR) is 97.6 cm³/mol. The van der Waals surface area contributed by atoms with Gasteiger partial charge in [0.25, 0.3) is 5.91 Å². The molecular weight excluding hydrogens is 350 g/mol. The number of nitrogens with one attached hydrogen (secondary N) is 3. The van der Waals surface area contributed by atoms with Crippen LogP contribution in [0.2, 0.25) is 0 Å². The first-order chi connectivity index (χ1) is 13.2. The first kappa shape index (κ1) is 16.4. The Labute approximate surface area is 153 Å². The molecule has 10 nitrogen and oxygen atoms in total. The SMILES string of the molecule is Nc1c(NNC(=O)c2ccncc2)ncnc1Nc1ccc2c(c1)OCO2. The molecule has 1 amide bonds. The van der Waals surface area contributed by atoms with Crippen molar-refractivity contribution in [1.82, 2.24) is 20.4 Å². The molecule has 27 heavy (non-hydrogen) atoms. The molecule has 1 aliphatic heterocycles. The molecule has 0 saturated heterocycles. The molecule has 136 valence electrons. The highest BCUT2D eigenvalue weighted by Gasteiger charge is 2.15. The summed E-state index contributed by atoms with van der Waals surface area (Å²) in [5.74, 6) is 1.61. The van der Waals surface area contributed by atoms with E-state index in [2.05, 4.69) is 31.1 Å². The molecule has 0 saturated carbocycles. The Bertz CT molecular complexity index is 982. The van der Waals surface area contributed by atoms with Crippen LogP contribution in [0.25, 0.3) is 0 Å². The van der Waals surface area contributed by atoms with Crippen LogP contribution in [0.5, 0.6) is 11.5 Å². The minimum Gasteiger partial charge on any atom is -0.454 e. The Hall–Kier alpha value is -4.08. The van der Waals surface area contributed by atoms with E-state index in [1.54, 1.807) is 24.3 Å². The van der Waals surface area contributed by atoms with E-state index in [1.165, 1.54) is 18.7 Å². The number of nitrogens with zero attached hydrogens (tertiary/aromatic N) is 3. The third kappa shape index (κ3) is 3.49. The van der Waals surface area contributed by atoms with Crippen LogP contribution in [0, 0.1) is 0 Å². The number of nitrogen functional groups attached to an aromatic ring is 1. The van der Waals surface area contributed by atoms with E-state index in [0.717, 1.165) is 5.69 Å². The van der Waals surface area contributed by atoms with Crippen molar-refractivity contribution in [1.29, 1.82) is 0 Å². The van der Waals surface area contributed by atoms with Crippen molar-refractivity contribution in [3.8, 4) is 11.5 Å². The molecule has 0 spiro atoms. The average Bonchev–Trinajstić information content (AvgIpc) is 3.17. The van der Waals surface area contributed by atoms with Crippen molar-refractivity contribution < 1.29 is 14.3 Å². The number of amides is 1. The normalized spacial score (nSPS) is 11.7. The van der Waals surface area contributed by atoms with Gasteiger partial charge >= 0.3 is 0 Å². The van der Waals surface area contributed by atoms with Crippen LogP contribution in [0.1, 0.15) is 10.4 Å². The number of hydrazine groups is 1. The quantitative estimate of drug-likeness (QED) is 0.498. The van der Waals surface area contributed by atoms with Crippen molar-refractivity contribution in [2.24, 2.45) is 0 Å². The van der Waals surface area contributed by atoms with Crippen LogP contribution in [0.3, 0.4) is 0 Å². The fourth-order valence-electron chi connectivity index (χ4n) is 2.40. The second-order valence-corrected chi connectivity index (χ2v) is 5.49. The molecular formula is C17H15N7O3. The summed E-state index contributed by atoms with van der Waals surface area (Å²) in [6.45, 7) is 0.194. The molecule has 0 radical (unpaired) electrons. The number of rotatable bonds is 5. The minimum atomic E-state index is -0.347. The summed E-state index contributed by atoms with van der Waals surface area (Å²) in [4.78, 5) is 24.1. The first-order valence-corrected chi connectivity index (χ1v) is 7.94. The van der Waals surface area contributed by atoms with Gasteiger partial charge in [-0.3, -0.25) is 20.6 Å². The first-order valence-electron chi connectivity index (χ1n) is 7.94. The van der Waals surface area contributed by atoms with Gasteiger partial charge in [-0.1, -0.05) is 0 Å². The van der Waals surface area contributed by atoms with Crippen LogP contribution < -0.4 is 31.4 Å². The van der Waals surface area contributed by atoms with Crippen molar-refractivity contribution >= 4 is 28.9 Å². The van der Waals surface area contributed by atoms with E-state index in [9.17, 15) is 4.79 Å². The van der Waals surface area contributed by atoms with E-state index in [0.29, 0.717) is 22.9 Å². The van der Waals surface area contributed by atoms with Gasteiger partial charge in [-0.15, -0.1) is 0 Å². The van der Waals surface area contributed by atoms with E-state index in [4.69, 9.17) is 15.2 Å². The second-order valence-electron chi connectivity index (χ2n) is 5.49. The third-order valence-corrected chi connectivity index (χ3v) is 3.76. The molecule has 3 heterocycles. The maximum atomic E-state index is 12.1. The number of hydrogen-bond donors (Lipinski definition) is 4. The largest absolute Gasteiger partial charge is 0.454 e. The Balaban J connectivity index is 1.47. The average molecular weight is 365 g/mol. The molecule has 0 bridgehead atoms. The Morgan fingerprint density at radius 2 is 1.81 bits per heavy atom. The molecule has 1 aliphatic rings. The fourth-order valence-corrected chi connectivity index (χ4v) is 2.40. The second kappa shape index (κ2) is 7.04. The van der Waals surface area contributed by atoms with E-state index in [1.807, 2.05) is 6.07 Å². The van der Waals surface area contributed by atoms with Crippen molar-refractivity contribution in [3.63, 3.8) is 0 Å². The van der Waals surface area contributed by atoms with E-state index >= 15 is 0 Å². The van der Waals surface area contributed by atoms with Crippen molar-refractivity contribution in [2.75, 3.05) is 23.3 Å². The summed E-state index contributed by atoms with van der Waals surface area (Å²) in [5.41, 5.74) is 12.7. The number of carbonyl (C=O) groups is 1. The van der Waals surface area contributed by atoms with Gasteiger partial charge in [0.15, 0.2) is 23.1 Å². The summed E-state index contributed by atoms with van der Waals surface area (Å²) >= 11 is 0. The van der Waals surface area contributed by atoms with Crippen LogP contribution in [-0.4, -0.2) is 27.7 Å². The fraction of sp³-hybridized carbons (Fsp3) is 0.0588. The standard InChI is InChI=1S/C17H15N7O3/c18-14-15(22-11-1-2-12-13(7-11)27-9-26-12)20-8-21-16(14)23-24-17(25)10-3-5-19-6-4-10/h1-8H,9,18H2,(H,24,25)(H2,20,21,22,23). The Morgan fingerprint density at radius 1 is 1.04 bits per heavy atom. The molecule has 0 aliphatic carbocycles. The van der Waals surface area contributed by atoms with Crippen LogP contribution in [-0.2, 0) is 0 Å². The molecule has 0 atom stereocenters. The van der Waals surface area contributed by atoms with E-state index in [-0.39, 0.29) is 24.2 Å². The number of carbonyl (C=O) groups excluding carboxylic acids is 1. The lowest BCUT2D eigenvalue weighted by Gasteiger charge is -2.13. The van der Waals surface area contributed by atoms with Crippen LogP contribution in [0.15, 0.2) is 49.1 Å². The number of ether oxygens (including phenoxy) is 2. The number of benzene rings is 1. The number of aromatic nitrogens is 3. The highest BCUT2D eigenvalue weighted by atomic mass is 16.7. The van der Waals surface area contributed by atoms with Gasteiger partial charge in [0, 0.05) is 29.7 Å². The number of anilines is 4. The molecule has 1 aromatic carbocycles. The summed E-state index contributed by atoms with van der Waals surface area (Å²) < 4.78 is 10.6. The molecule has 0 unspecified atom stereocenters. The summed E-state index contributed by atoms with van der Waals surface area (Å²) in [5, 5.41) is 3.09. The van der Waals surface area contributed by atoms with Gasteiger partial charge in [-0.2, -0.15) is 0 Å². The third-order valence-electron chi connectivity index (χ3n) is 3.76. The van der Waals surface area contributed by atoms with Gasteiger partial charge in [-0.05, 0) is 24.3 Å². The monoisotopic (exact) mass is 365 g/mol. The van der Waals surface area contributed by atoms with Gasteiger partial charge in [0.05, 0.1) is 0 Å². The summed E-state index contributed by atoms with van der Waals surface area (Å²) in [6.07, 6.45) is 4.38. The number of nitrogens with two attached hydrogens (primary N) is 1. The molecule has 0 fully saturated rings. The minimum absolute atomic E-state index is 0.194. The highest BCUT2D eigenvalue weighted by molar-refractivity contribution is 5.95. The van der Waals surface area contributed by atoms with Gasteiger partial charge in [0.1, 0.15) is 12.0 Å². The lowest BCUT2D eigenvalue weighted by atomic mass is 10.2. The van der Waals surface area contributed by atoms with Gasteiger partial charge in [-0.25, -0.2) is 9.97 Å². The molecule has 4 rings (SSSR count). The lowest BCUT2D eigenvalue weighted by molar-refractivity contribution is 0.0962. The van der Waals surface area contributed by atoms with Crippen LogP contribution in [0.4, 0.5) is 23.0 Å². The van der Waals surface area contributed by atoms with Crippen LogP contribution >= 0.6 is 0 Å². The Kier molecular flexibility index (Phi) is 4.27. The number of fused-ring (bicyclic) bond motifs is 1. The topological polar surface area (TPSA) is 136 Å².